The monoisotopic (exact) mass is 928 g/mol. The van der Waals surface area contributed by atoms with Crippen LogP contribution in [0, 0.1) is 35.5 Å². The quantitative estimate of drug-likeness (QED) is 0.0637. The highest BCUT2D eigenvalue weighted by Crippen LogP contribution is 2.45. The summed E-state index contributed by atoms with van der Waals surface area (Å²) in [7, 11) is 1.14. The van der Waals surface area contributed by atoms with E-state index in [0.717, 1.165) is 19.6 Å². The van der Waals surface area contributed by atoms with E-state index in [2.05, 4.69) is 0 Å². The molecule has 0 aromatic rings. The average Bonchev–Trinajstić information content (AvgIpc) is 3.60. The van der Waals surface area contributed by atoms with Gasteiger partial charge in [-0.2, -0.15) is 0 Å². The molecular formula is C43H60O22. The Balaban J connectivity index is 1.14. The van der Waals surface area contributed by atoms with Crippen molar-refractivity contribution >= 4 is 23.9 Å². The van der Waals surface area contributed by atoms with Crippen molar-refractivity contribution in [1.29, 1.82) is 0 Å². The van der Waals surface area contributed by atoms with E-state index in [0.29, 0.717) is 6.42 Å². The van der Waals surface area contributed by atoms with Crippen LogP contribution in [0.25, 0.3) is 0 Å². The molecule has 6 rings (SSSR count). The molecule has 364 valence electrons. The van der Waals surface area contributed by atoms with E-state index in [4.69, 9.17) is 47.4 Å². The number of fused-ring (bicyclic) bond motifs is 3. The van der Waals surface area contributed by atoms with Crippen LogP contribution in [0.1, 0.15) is 47.0 Å². The molecule has 65 heavy (non-hydrogen) atoms. The first-order chi connectivity index (χ1) is 31.0. The van der Waals surface area contributed by atoms with Crippen LogP contribution in [0.15, 0.2) is 47.0 Å². The Hall–Kier alpha value is -4.04. The van der Waals surface area contributed by atoms with Gasteiger partial charge in [-0.1, -0.05) is 26.0 Å². The molecule has 5 heterocycles. The first-order valence-electron chi connectivity index (χ1n) is 21.5. The molecule has 0 aromatic carbocycles. The molecule has 19 atom stereocenters. The standard InChI is InChI=1S/C43H60O22/c1-6-19-22(25(38(54)56-5)15-59-40(19)64-42-36(52)34(50)32(48)28(11-44)62-42)9-30(46)57-14-24-18(4)27-8-21(24)17(3)13-58-39(55)26-16-60-41(20(7-2)23(26)10-31(47)61-27)65-43-37(53)35(51)33(49)29(12-45)63-43/h6-7,15-18,21-24,27-29,32-37,40-45,48-53H,8-14H2,1-5H3. The lowest BCUT2D eigenvalue weighted by atomic mass is 9.83. The van der Waals surface area contributed by atoms with Gasteiger partial charge < -0.3 is 88.2 Å². The molecule has 22 nitrogen and oxygen atoms in total. The summed E-state index contributed by atoms with van der Waals surface area (Å²) in [5.41, 5.74) is 0.427. The fourth-order valence-corrected chi connectivity index (χ4v) is 9.35. The Kier molecular flexibility index (Phi) is 16.8. The van der Waals surface area contributed by atoms with Crippen molar-refractivity contribution in [1.82, 2.24) is 0 Å². The number of carbonyl (C=O) groups is 4. The molecule has 5 aliphatic heterocycles. The van der Waals surface area contributed by atoms with Gasteiger partial charge in [0.05, 0.1) is 70.0 Å². The van der Waals surface area contributed by atoms with Gasteiger partial charge in [0, 0.05) is 28.9 Å². The fraction of sp³-hybridized carbons (Fsp3) is 0.721. The molecule has 8 N–H and O–H groups in total. The largest absolute Gasteiger partial charge is 0.468 e. The van der Waals surface area contributed by atoms with Gasteiger partial charge in [0.15, 0.2) is 12.6 Å². The smallest absolute Gasteiger partial charge is 0.337 e. The molecule has 6 aliphatic rings. The normalized spacial score (nSPS) is 42.4. The van der Waals surface area contributed by atoms with E-state index < -0.39 is 141 Å². The van der Waals surface area contributed by atoms with Crippen molar-refractivity contribution in [2.45, 2.75) is 127 Å². The van der Waals surface area contributed by atoms with E-state index in [1.807, 2.05) is 13.8 Å². The third-order valence-corrected chi connectivity index (χ3v) is 13.3. The summed E-state index contributed by atoms with van der Waals surface area (Å²) in [6.07, 6.45) is -14.6. The van der Waals surface area contributed by atoms with Gasteiger partial charge in [-0.25, -0.2) is 9.59 Å². The van der Waals surface area contributed by atoms with E-state index in [-0.39, 0.29) is 59.7 Å². The van der Waals surface area contributed by atoms with Crippen molar-refractivity contribution < 1.29 is 107 Å². The Morgan fingerprint density at radius 1 is 0.800 bits per heavy atom. The molecule has 0 radical (unpaired) electrons. The molecule has 22 heteroatoms. The maximum atomic E-state index is 13.8. The van der Waals surface area contributed by atoms with Gasteiger partial charge in [0.25, 0.3) is 0 Å². The number of carbonyl (C=O) groups excluding carboxylic acids is 4. The summed E-state index contributed by atoms with van der Waals surface area (Å²) in [5, 5.41) is 81.4. The zero-order chi connectivity index (χ0) is 47.4. The first-order valence-corrected chi connectivity index (χ1v) is 21.5. The number of aliphatic hydroxyl groups excluding tert-OH is 8. The zero-order valence-corrected chi connectivity index (χ0v) is 36.5. The predicted octanol–water partition coefficient (Wildman–Crippen LogP) is -1.90. The van der Waals surface area contributed by atoms with Crippen LogP contribution < -0.4 is 0 Å². The lowest BCUT2D eigenvalue weighted by Crippen LogP contribution is -2.60. The highest BCUT2D eigenvalue weighted by Gasteiger charge is 2.51. The molecule has 0 amide bonds. The van der Waals surface area contributed by atoms with Crippen molar-refractivity contribution in [3.63, 3.8) is 0 Å². The molecular weight excluding hydrogens is 868 g/mol. The molecule has 2 bridgehead atoms. The predicted molar refractivity (Wildman–Crippen MR) is 213 cm³/mol. The van der Waals surface area contributed by atoms with Gasteiger partial charge in [-0.05, 0) is 38.0 Å². The van der Waals surface area contributed by atoms with Crippen LogP contribution in [-0.2, 0) is 66.5 Å². The van der Waals surface area contributed by atoms with E-state index in [1.165, 1.54) is 6.08 Å². The summed E-state index contributed by atoms with van der Waals surface area (Å²) < 4.78 is 56.8. The van der Waals surface area contributed by atoms with Crippen LogP contribution in [0.5, 0.6) is 0 Å². The van der Waals surface area contributed by atoms with Crippen molar-refractivity contribution in [3.05, 3.63) is 47.0 Å². The molecule has 1 saturated carbocycles. The van der Waals surface area contributed by atoms with E-state index in [9.17, 15) is 60.0 Å². The molecule has 0 spiro atoms. The number of methoxy groups -OCH3 is 1. The molecule has 3 saturated heterocycles. The van der Waals surface area contributed by atoms with Gasteiger partial charge in [0.1, 0.15) is 54.9 Å². The molecule has 0 aromatic heterocycles. The number of cyclic esters (lactones) is 1. The Bertz CT molecular complexity index is 1840. The van der Waals surface area contributed by atoms with E-state index in [1.54, 1.807) is 19.9 Å². The molecule has 1 aliphatic carbocycles. The average molecular weight is 929 g/mol. The Morgan fingerprint density at radius 3 is 1.92 bits per heavy atom. The molecule has 4 fully saturated rings. The maximum Gasteiger partial charge on any atom is 0.337 e. The zero-order valence-electron chi connectivity index (χ0n) is 36.5. The number of hydrogen-bond acceptors (Lipinski definition) is 22. The van der Waals surface area contributed by atoms with E-state index >= 15 is 0 Å². The minimum atomic E-state index is -1.77. The van der Waals surface area contributed by atoms with Crippen LogP contribution in [0.4, 0.5) is 0 Å². The summed E-state index contributed by atoms with van der Waals surface area (Å²) in [6, 6.07) is 0. The highest BCUT2D eigenvalue weighted by molar-refractivity contribution is 5.91. The van der Waals surface area contributed by atoms with Crippen LogP contribution in [0.2, 0.25) is 0 Å². The second-order valence-electron chi connectivity index (χ2n) is 17.0. The van der Waals surface area contributed by atoms with Gasteiger partial charge in [0.2, 0.25) is 12.6 Å². The van der Waals surface area contributed by atoms with Crippen molar-refractivity contribution in [3.8, 4) is 0 Å². The van der Waals surface area contributed by atoms with Crippen molar-refractivity contribution in [2.24, 2.45) is 35.5 Å². The minimum absolute atomic E-state index is 0.0165. The lowest BCUT2D eigenvalue weighted by Gasteiger charge is -2.42. The summed E-state index contributed by atoms with van der Waals surface area (Å²) in [4.78, 5) is 54.1. The number of aliphatic hydroxyl groups is 8. The van der Waals surface area contributed by atoms with Gasteiger partial charge in [-0.3, -0.25) is 9.59 Å². The topological polar surface area (TPSA) is 322 Å². The third kappa shape index (κ3) is 10.6. The number of allylic oxidation sites excluding steroid dienone is 2. The number of esters is 4. The van der Waals surface area contributed by atoms with Crippen LogP contribution in [-0.4, -0.2) is 178 Å². The summed E-state index contributed by atoms with van der Waals surface area (Å²) in [5.74, 6) is -6.39. The van der Waals surface area contributed by atoms with Crippen molar-refractivity contribution in [2.75, 3.05) is 33.5 Å². The van der Waals surface area contributed by atoms with Crippen LogP contribution >= 0.6 is 0 Å². The second-order valence-corrected chi connectivity index (χ2v) is 17.0. The number of hydrogen-bond donors (Lipinski definition) is 8. The van der Waals surface area contributed by atoms with Gasteiger partial charge >= 0.3 is 23.9 Å². The second kappa shape index (κ2) is 21.7. The fourth-order valence-electron chi connectivity index (χ4n) is 9.35. The first kappa shape index (κ1) is 50.4. The summed E-state index contributed by atoms with van der Waals surface area (Å²) in [6.45, 7) is 5.29. The molecule has 19 unspecified atom stereocenters. The summed E-state index contributed by atoms with van der Waals surface area (Å²) >= 11 is 0. The lowest BCUT2D eigenvalue weighted by molar-refractivity contribution is -0.327. The highest BCUT2D eigenvalue weighted by atomic mass is 16.8. The SMILES string of the molecule is CC=C1C(OC2OC(CO)C(O)C(O)C2O)OC=C(C(=O)OC)C1CC(=O)OCC1C(C)C2CC1C(C)COC(=O)C1=COC(OC3OC(CO)C(O)C(O)C3O)C(=CC)C1CC(=O)O2. The number of ether oxygens (including phenoxy) is 10. The minimum Gasteiger partial charge on any atom is -0.468 e. The maximum absolute atomic E-state index is 13.8. The Labute approximate surface area is 373 Å². The Morgan fingerprint density at radius 2 is 1.37 bits per heavy atom. The van der Waals surface area contributed by atoms with Crippen LogP contribution in [0.3, 0.4) is 0 Å². The third-order valence-electron chi connectivity index (χ3n) is 13.3. The van der Waals surface area contributed by atoms with Gasteiger partial charge in [-0.15, -0.1) is 0 Å². The number of rotatable bonds is 11.